The van der Waals surface area contributed by atoms with Crippen LogP contribution in [0, 0.1) is 0 Å². The van der Waals surface area contributed by atoms with Gasteiger partial charge in [-0.15, -0.1) is 11.3 Å². The summed E-state index contributed by atoms with van der Waals surface area (Å²) in [4.78, 5) is 10.4. The Morgan fingerprint density at radius 3 is 1.59 bits per heavy atom. The van der Waals surface area contributed by atoms with Crippen molar-refractivity contribution in [2.45, 2.75) is 0 Å². The number of rotatable bonds is 4. The topological polar surface area (TPSA) is 35.6 Å². The van der Waals surface area contributed by atoms with Crippen molar-refractivity contribution in [1.29, 1.82) is 0 Å². The monoisotopic (exact) mass is 668 g/mol. The molecule has 4 nitrogen and oxygen atoms in total. The normalized spacial score (nSPS) is 11.9. The molecule has 0 spiro atoms. The highest BCUT2D eigenvalue weighted by Gasteiger charge is 2.22. The van der Waals surface area contributed by atoms with Gasteiger partial charge in [0.15, 0.2) is 5.82 Å². The van der Waals surface area contributed by atoms with Crippen LogP contribution in [0.15, 0.2) is 170 Å². The molecule has 7 aromatic carbocycles. The fraction of sp³-hybridized carbons (Fsp3) is 0. The summed E-state index contributed by atoms with van der Waals surface area (Å²) < 4.78 is 7.18. The summed E-state index contributed by atoms with van der Waals surface area (Å²) in [6.45, 7) is 0. The molecule has 0 atom stereocenters. The predicted molar refractivity (Wildman–Crippen MR) is 214 cm³/mol. The van der Waals surface area contributed by atoms with Crippen molar-refractivity contribution in [3.8, 4) is 34.0 Å². The van der Waals surface area contributed by atoms with Crippen LogP contribution in [0.5, 0.6) is 0 Å². The molecule has 4 aromatic heterocycles. The molecule has 0 fully saturated rings. The van der Waals surface area contributed by atoms with E-state index in [4.69, 9.17) is 9.97 Å². The van der Waals surface area contributed by atoms with Crippen LogP contribution in [-0.2, 0) is 0 Å². The molecule has 11 aromatic rings. The van der Waals surface area contributed by atoms with Crippen LogP contribution in [0.2, 0.25) is 0 Å². The van der Waals surface area contributed by atoms with Gasteiger partial charge < -0.3 is 9.13 Å². The van der Waals surface area contributed by atoms with E-state index in [-0.39, 0.29) is 0 Å². The van der Waals surface area contributed by atoms with Crippen molar-refractivity contribution >= 4 is 75.3 Å². The van der Waals surface area contributed by atoms with Crippen molar-refractivity contribution in [1.82, 2.24) is 19.1 Å². The van der Waals surface area contributed by atoms with E-state index in [1.807, 2.05) is 18.2 Å². The van der Waals surface area contributed by atoms with Gasteiger partial charge in [0.25, 0.3) is 0 Å². The van der Waals surface area contributed by atoms with E-state index >= 15 is 0 Å². The summed E-state index contributed by atoms with van der Waals surface area (Å²) in [5, 5.41) is 6.10. The maximum atomic E-state index is 5.21. The van der Waals surface area contributed by atoms with E-state index in [2.05, 4.69) is 161 Å². The Kier molecular flexibility index (Phi) is 6.09. The summed E-state index contributed by atoms with van der Waals surface area (Å²) in [6, 6.07) is 60.5. The molecule has 0 saturated heterocycles. The number of thiophene rings is 1. The number of aromatic nitrogens is 4. The van der Waals surface area contributed by atoms with Gasteiger partial charge in [-0.1, -0.05) is 127 Å². The average molecular weight is 669 g/mol. The van der Waals surface area contributed by atoms with Crippen LogP contribution in [0.3, 0.4) is 0 Å². The molecule has 0 aliphatic heterocycles. The first-order chi connectivity index (χ1) is 25.3. The summed E-state index contributed by atoms with van der Waals surface area (Å²) in [6.07, 6.45) is 0. The molecule has 5 heteroatoms. The van der Waals surface area contributed by atoms with Gasteiger partial charge in [-0.2, -0.15) is 0 Å². The fourth-order valence-corrected chi connectivity index (χ4v) is 9.08. The minimum Gasteiger partial charge on any atom is -0.307 e. The Hall–Kier alpha value is -6.56. The lowest BCUT2D eigenvalue weighted by Gasteiger charge is -2.12. The van der Waals surface area contributed by atoms with E-state index in [0.717, 1.165) is 49.6 Å². The number of para-hydroxylation sites is 3. The molecule has 0 amide bonds. The fourth-order valence-electron chi connectivity index (χ4n) is 7.89. The van der Waals surface area contributed by atoms with Gasteiger partial charge >= 0.3 is 0 Å². The summed E-state index contributed by atoms with van der Waals surface area (Å²) in [5.41, 5.74) is 11.1. The molecular weight excluding hydrogens is 641 g/mol. The first kappa shape index (κ1) is 28.3. The second kappa shape index (κ2) is 11.0. The molecule has 0 saturated carbocycles. The van der Waals surface area contributed by atoms with Crippen molar-refractivity contribution in [2.75, 3.05) is 0 Å². The molecule has 51 heavy (non-hydrogen) atoms. The SMILES string of the molecule is c1ccc(-c2nc(-c3ccccc3)c3sc4cc(-n5c6ccccc6c6ccc7c8ccccc8n(-c8ccccc8)c7c65)ccc4c3n2)cc1. The van der Waals surface area contributed by atoms with Crippen molar-refractivity contribution in [3.05, 3.63) is 170 Å². The number of nitrogens with zero attached hydrogens (tertiary/aromatic N) is 4. The van der Waals surface area contributed by atoms with Gasteiger partial charge in [-0.3, -0.25) is 0 Å². The Morgan fingerprint density at radius 1 is 0.412 bits per heavy atom. The number of benzene rings is 7. The van der Waals surface area contributed by atoms with Gasteiger partial charge in [-0.25, -0.2) is 9.97 Å². The van der Waals surface area contributed by atoms with E-state index < -0.39 is 0 Å². The smallest absolute Gasteiger partial charge is 0.160 e. The Morgan fingerprint density at radius 2 is 0.941 bits per heavy atom. The number of fused-ring (bicyclic) bond motifs is 10. The molecule has 0 N–H and O–H groups in total. The first-order valence-electron chi connectivity index (χ1n) is 17.2. The summed E-state index contributed by atoms with van der Waals surface area (Å²) in [5.74, 6) is 0.740. The lowest BCUT2D eigenvalue weighted by atomic mass is 10.1. The first-order valence-corrected chi connectivity index (χ1v) is 18.0. The van der Waals surface area contributed by atoms with Crippen LogP contribution in [-0.4, -0.2) is 19.1 Å². The molecule has 0 unspecified atom stereocenters. The standard InChI is InChI=1S/C46H28N4S/c1-4-14-29(15-5-1)41-45-42(48-46(47-41)30-16-6-2-7-17-30)37-25-24-32(28-40(37)51-45)50-39-23-13-11-21-34(39)36-27-26-35-33-20-10-12-22-38(33)49(43(35)44(36)50)31-18-8-3-9-19-31/h1-28H. The quantitative estimate of drug-likeness (QED) is 0.187. The predicted octanol–water partition coefficient (Wildman–Crippen LogP) is 12.4. The van der Waals surface area contributed by atoms with Crippen LogP contribution < -0.4 is 0 Å². The van der Waals surface area contributed by atoms with E-state index in [0.29, 0.717) is 0 Å². The van der Waals surface area contributed by atoms with Crippen LogP contribution in [0.25, 0.3) is 97.9 Å². The molecule has 0 aliphatic rings. The maximum Gasteiger partial charge on any atom is 0.160 e. The zero-order valence-electron chi connectivity index (χ0n) is 27.4. The Labute approximate surface area is 297 Å². The second-order valence-corrected chi connectivity index (χ2v) is 14.0. The molecule has 0 bridgehead atoms. The van der Waals surface area contributed by atoms with E-state index in [1.54, 1.807) is 11.3 Å². The number of hydrogen-bond donors (Lipinski definition) is 0. The second-order valence-electron chi connectivity index (χ2n) is 13.0. The highest BCUT2D eigenvalue weighted by molar-refractivity contribution is 7.26. The number of hydrogen-bond acceptors (Lipinski definition) is 3. The van der Waals surface area contributed by atoms with Crippen molar-refractivity contribution < 1.29 is 0 Å². The third-order valence-electron chi connectivity index (χ3n) is 10.1. The highest BCUT2D eigenvalue weighted by atomic mass is 32.1. The minimum atomic E-state index is 0.740. The van der Waals surface area contributed by atoms with E-state index in [1.165, 1.54) is 48.3 Å². The third-order valence-corrected chi connectivity index (χ3v) is 11.3. The molecular formula is C46H28N4S. The lowest BCUT2D eigenvalue weighted by molar-refractivity contribution is 1.15. The Bertz CT molecular complexity index is 3120. The van der Waals surface area contributed by atoms with Gasteiger partial charge in [0.2, 0.25) is 0 Å². The zero-order chi connectivity index (χ0) is 33.5. The largest absolute Gasteiger partial charge is 0.307 e. The minimum absolute atomic E-state index is 0.740. The summed E-state index contributed by atoms with van der Waals surface area (Å²) >= 11 is 1.77. The van der Waals surface area contributed by atoms with E-state index in [9.17, 15) is 0 Å². The summed E-state index contributed by atoms with van der Waals surface area (Å²) in [7, 11) is 0. The molecule has 11 rings (SSSR count). The van der Waals surface area contributed by atoms with Crippen LogP contribution >= 0.6 is 11.3 Å². The molecule has 238 valence electrons. The van der Waals surface area contributed by atoms with Gasteiger partial charge in [0, 0.05) is 54.1 Å². The van der Waals surface area contributed by atoms with Crippen molar-refractivity contribution in [2.24, 2.45) is 0 Å². The van der Waals surface area contributed by atoms with Gasteiger partial charge in [0.1, 0.15) is 0 Å². The van der Waals surface area contributed by atoms with Crippen LogP contribution in [0.4, 0.5) is 0 Å². The lowest BCUT2D eigenvalue weighted by Crippen LogP contribution is -1.98. The molecule has 0 aliphatic carbocycles. The van der Waals surface area contributed by atoms with Crippen LogP contribution in [0.1, 0.15) is 0 Å². The van der Waals surface area contributed by atoms with Gasteiger partial charge in [-0.05, 0) is 42.5 Å². The highest BCUT2D eigenvalue weighted by Crippen LogP contribution is 2.44. The maximum absolute atomic E-state index is 5.21. The Balaban J connectivity index is 1.24. The van der Waals surface area contributed by atoms with Crippen molar-refractivity contribution in [3.63, 3.8) is 0 Å². The molecule has 0 radical (unpaired) electrons. The van der Waals surface area contributed by atoms with Gasteiger partial charge in [0.05, 0.1) is 38.0 Å². The third kappa shape index (κ3) is 4.19. The average Bonchev–Trinajstić information content (AvgIpc) is 3.86. The molecule has 4 heterocycles. The zero-order valence-corrected chi connectivity index (χ0v) is 28.2.